The van der Waals surface area contributed by atoms with Crippen LogP contribution in [0.25, 0.3) is 0 Å². The SMILES string of the molecule is COc1cccc(OC)c1OCC(O)CNC(=O)CCNS(=O)(=O)c1c(C)cc(C)cc1C. The van der Waals surface area contributed by atoms with Crippen LogP contribution < -0.4 is 24.2 Å². The van der Waals surface area contributed by atoms with E-state index in [2.05, 4.69) is 10.0 Å². The molecule has 1 unspecified atom stereocenters. The monoisotopic (exact) mass is 480 g/mol. The third-order valence-corrected chi connectivity index (χ3v) is 6.62. The minimum absolute atomic E-state index is 0.0563. The molecule has 2 rings (SSSR count). The summed E-state index contributed by atoms with van der Waals surface area (Å²) < 4.78 is 43.8. The Morgan fingerprint density at radius 3 is 2.18 bits per heavy atom. The first-order valence-electron chi connectivity index (χ1n) is 10.4. The van der Waals surface area contributed by atoms with E-state index in [-0.39, 0.29) is 31.0 Å². The Hall–Kier alpha value is -2.82. The quantitative estimate of drug-likeness (QED) is 0.424. The Morgan fingerprint density at radius 2 is 1.64 bits per heavy atom. The normalized spacial score (nSPS) is 12.2. The molecule has 0 aliphatic rings. The summed E-state index contributed by atoms with van der Waals surface area (Å²) in [5.41, 5.74) is 2.29. The first-order valence-corrected chi connectivity index (χ1v) is 11.9. The van der Waals surface area contributed by atoms with Gasteiger partial charge in [-0.25, -0.2) is 13.1 Å². The van der Waals surface area contributed by atoms with E-state index >= 15 is 0 Å². The molecular weight excluding hydrogens is 448 g/mol. The van der Waals surface area contributed by atoms with E-state index in [0.717, 1.165) is 5.56 Å². The summed E-state index contributed by atoms with van der Waals surface area (Å²) in [6.45, 7) is 5.16. The van der Waals surface area contributed by atoms with Gasteiger partial charge < -0.3 is 24.6 Å². The molecule has 0 saturated heterocycles. The number of hydrogen-bond donors (Lipinski definition) is 3. The number of aliphatic hydroxyl groups excluding tert-OH is 1. The van der Waals surface area contributed by atoms with E-state index in [1.807, 2.05) is 6.92 Å². The summed E-state index contributed by atoms with van der Waals surface area (Å²) in [5.74, 6) is 0.863. The molecule has 0 bridgehead atoms. The van der Waals surface area contributed by atoms with Gasteiger partial charge in [0.05, 0.1) is 19.1 Å². The lowest BCUT2D eigenvalue weighted by Crippen LogP contribution is -2.37. The number of hydrogen-bond acceptors (Lipinski definition) is 7. The van der Waals surface area contributed by atoms with Gasteiger partial charge in [-0.05, 0) is 44.0 Å². The Kier molecular flexibility index (Phi) is 9.51. The summed E-state index contributed by atoms with van der Waals surface area (Å²) in [5, 5.41) is 12.7. The Bertz CT molecular complexity index is 1030. The second-order valence-corrected chi connectivity index (χ2v) is 9.34. The number of rotatable bonds is 12. The molecule has 0 radical (unpaired) electrons. The number of carbonyl (C=O) groups is 1. The standard InChI is InChI=1S/C23H32N2O7S/c1-15-11-16(2)23(17(3)12-15)33(28,29)25-10-9-21(27)24-13-18(26)14-32-22-19(30-4)7-6-8-20(22)31-5/h6-8,11-12,18,25-26H,9-10,13-14H2,1-5H3,(H,24,27). The Morgan fingerprint density at radius 1 is 1.06 bits per heavy atom. The van der Waals surface area contributed by atoms with Gasteiger partial charge in [-0.2, -0.15) is 0 Å². The molecule has 10 heteroatoms. The third kappa shape index (κ3) is 7.34. The van der Waals surface area contributed by atoms with Crippen molar-refractivity contribution >= 4 is 15.9 Å². The molecular formula is C23H32N2O7S. The number of methoxy groups -OCH3 is 2. The zero-order valence-electron chi connectivity index (χ0n) is 19.6. The average molecular weight is 481 g/mol. The molecule has 1 atom stereocenters. The lowest BCUT2D eigenvalue weighted by atomic mass is 10.1. The fourth-order valence-electron chi connectivity index (χ4n) is 3.48. The minimum atomic E-state index is -3.74. The molecule has 0 spiro atoms. The number of carbonyl (C=O) groups excluding carboxylic acids is 1. The number of amides is 1. The zero-order valence-corrected chi connectivity index (χ0v) is 20.4. The second kappa shape index (κ2) is 11.9. The van der Waals surface area contributed by atoms with Crippen molar-refractivity contribution < 1.29 is 32.5 Å². The van der Waals surface area contributed by atoms with Crippen LogP contribution in [0.4, 0.5) is 0 Å². The number of aryl methyl sites for hydroxylation is 3. The van der Waals surface area contributed by atoms with Crippen LogP contribution >= 0.6 is 0 Å². The molecule has 0 aliphatic carbocycles. The number of para-hydroxylation sites is 1. The van der Waals surface area contributed by atoms with Crippen molar-refractivity contribution in [1.82, 2.24) is 10.0 Å². The summed E-state index contributed by atoms with van der Waals surface area (Å²) in [6, 6.07) is 8.76. The van der Waals surface area contributed by atoms with E-state index in [1.54, 1.807) is 44.2 Å². The van der Waals surface area contributed by atoms with Crippen LogP contribution in [0, 0.1) is 20.8 Å². The average Bonchev–Trinajstić information content (AvgIpc) is 2.74. The van der Waals surface area contributed by atoms with E-state index < -0.39 is 22.0 Å². The Labute approximate surface area is 195 Å². The van der Waals surface area contributed by atoms with E-state index in [1.165, 1.54) is 14.2 Å². The topological polar surface area (TPSA) is 123 Å². The minimum Gasteiger partial charge on any atom is -0.493 e. The third-order valence-electron chi connectivity index (χ3n) is 4.86. The maximum absolute atomic E-state index is 12.6. The maximum Gasteiger partial charge on any atom is 0.241 e. The van der Waals surface area contributed by atoms with Gasteiger partial charge >= 0.3 is 0 Å². The molecule has 0 heterocycles. The van der Waals surface area contributed by atoms with Gasteiger partial charge in [0.25, 0.3) is 0 Å². The van der Waals surface area contributed by atoms with Gasteiger partial charge in [0.1, 0.15) is 12.7 Å². The van der Waals surface area contributed by atoms with Gasteiger partial charge in [0, 0.05) is 19.5 Å². The van der Waals surface area contributed by atoms with Crippen molar-refractivity contribution in [2.24, 2.45) is 0 Å². The summed E-state index contributed by atoms with van der Waals surface area (Å²) >= 11 is 0. The number of aliphatic hydroxyl groups is 1. The van der Waals surface area contributed by atoms with Crippen LogP contribution in [0.5, 0.6) is 17.2 Å². The first kappa shape index (κ1) is 26.4. The fraction of sp³-hybridized carbons (Fsp3) is 0.435. The number of sulfonamides is 1. The van der Waals surface area contributed by atoms with Crippen LogP contribution in [-0.2, 0) is 14.8 Å². The van der Waals surface area contributed by atoms with Crippen LogP contribution in [0.2, 0.25) is 0 Å². The van der Waals surface area contributed by atoms with Crippen molar-refractivity contribution in [1.29, 1.82) is 0 Å². The lowest BCUT2D eigenvalue weighted by molar-refractivity contribution is -0.121. The van der Waals surface area contributed by atoms with Crippen molar-refractivity contribution in [3.8, 4) is 17.2 Å². The van der Waals surface area contributed by atoms with Gasteiger partial charge in [-0.3, -0.25) is 4.79 Å². The molecule has 0 saturated carbocycles. The van der Waals surface area contributed by atoms with Crippen LogP contribution in [0.15, 0.2) is 35.2 Å². The molecule has 0 fully saturated rings. The van der Waals surface area contributed by atoms with Gasteiger partial charge in [-0.15, -0.1) is 0 Å². The fourth-order valence-corrected chi connectivity index (χ4v) is 4.96. The van der Waals surface area contributed by atoms with Crippen molar-refractivity contribution in [3.05, 3.63) is 47.0 Å². The van der Waals surface area contributed by atoms with Crippen LogP contribution in [0.1, 0.15) is 23.1 Å². The number of ether oxygens (including phenoxy) is 3. The molecule has 2 aromatic rings. The van der Waals surface area contributed by atoms with Crippen LogP contribution in [0.3, 0.4) is 0 Å². The smallest absolute Gasteiger partial charge is 0.241 e. The molecule has 1 amide bonds. The van der Waals surface area contributed by atoms with Crippen LogP contribution in [-0.4, -0.2) is 59.5 Å². The summed E-state index contributed by atoms with van der Waals surface area (Å²) in [6.07, 6.45) is -1.06. The Balaban J connectivity index is 1.81. The van der Waals surface area contributed by atoms with Gasteiger partial charge in [-0.1, -0.05) is 23.8 Å². The van der Waals surface area contributed by atoms with Gasteiger partial charge in [0.2, 0.25) is 21.7 Å². The summed E-state index contributed by atoms with van der Waals surface area (Å²) in [7, 11) is -0.753. The molecule has 2 aromatic carbocycles. The van der Waals surface area contributed by atoms with Crippen molar-refractivity contribution in [3.63, 3.8) is 0 Å². The number of benzene rings is 2. The lowest BCUT2D eigenvalue weighted by Gasteiger charge is -2.17. The number of nitrogens with one attached hydrogen (secondary N) is 2. The van der Waals surface area contributed by atoms with E-state index in [4.69, 9.17) is 14.2 Å². The predicted molar refractivity (Wildman–Crippen MR) is 125 cm³/mol. The van der Waals surface area contributed by atoms with E-state index in [0.29, 0.717) is 28.4 Å². The molecule has 0 aromatic heterocycles. The predicted octanol–water partition coefficient (Wildman–Crippen LogP) is 1.85. The first-order chi connectivity index (χ1) is 15.6. The highest BCUT2D eigenvalue weighted by Gasteiger charge is 2.20. The molecule has 0 aliphatic heterocycles. The van der Waals surface area contributed by atoms with E-state index in [9.17, 15) is 18.3 Å². The molecule has 182 valence electrons. The molecule has 3 N–H and O–H groups in total. The molecule has 9 nitrogen and oxygen atoms in total. The largest absolute Gasteiger partial charge is 0.493 e. The highest BCUT2D eigenvalue weighted by atomic mass is 32.2. The molecule has 33 heavy (non-hydrogen) atoms. The summed E-state index contributed by atoms with van der Waals surface area (Å²) in [4.78, 5) is 12.3. The maximum atomic E-state index is 12.6. The second-order valence-electron chi connectivity index (χ2n) is 7.64. The zero-order chi connectivity index (χ0) is 24.6. The highest BCUT2D eigenvalue weighted by molar-refractivity contribution is 7.89. The van der Waals surface area contributed by atoms with Gasteiger partial charge in [0.15, 0.2) is 11.5 Å². The van der Waals surface area contributed by atoms with Crippen molar-refractivity contribution in [2.45, 2.75) is 38.2 Å². The van der Waals surface area contributed by atoms with Crippen molar-refractivity contribution in [2.75, 3.05) is 33.9 Å². The highest BCUT2D eigenvalue weighted by Crippen LogP contribution is 2.36.